The van der Waals surface area contributed by atoms with Crippen molar-refractivity contribution >= 4 is 32.4 Å². The van der Waals surface area contributed by atoms with Crippen LogP contribution in [-0.2, 0) is 26.0 Å². The lowest BCUT2D eigenvalue weighted by molar-refractivity contribution is -0.115. The van der Waals surface area contributed by atoms with Gasteiger partial charge in [-0.2, -0.15) is 9.40 Å². The maximum absolute atomic E-state index is 12.9. The molecular formula is C21H22N4O5S. The Morgan fingerprint density at radius 3 is 2.61 bits per heavy atom. The normalized spacial score (nSPS) is 15.1. The number of fused-ring (bicyclic) bond motifs is 1. The summed E-state index contributed by atoms with van der Waals surface area (Å²) >= 11 is 0. The van der Waals surface area contributed by atoms with E-state index in [2.05, 4.69) is 15.5 Å². The Labute approximate surface area is 179 Å². The number of nitrogens with zero attached hydrogens (tertiary/aromatic N) is 2. The monoisotopic (exact) mass is 442 g/mol. The molecule has 1 amide bonds. The van der Waals surface area contributed by atoms with Crippen LogP contribution in [0.1, 0.15) is 11.3 Å². The van der Waals surface area contributed by atoms with Crippen molar-refractivity contribution in [3.05, 3.63) is 64.1 Å². The summed E-state index contributed by atoms with van der Waals surface area (Å²) in [6.45, 7) is 3.09. The van der Waals surface area contributed by atoms with E-state index in [0.717, 1.165) is 5.56 Å². The van der Waals surface area contributed by atoms with Crippen molar-refractivity contribution in [2.75, 3.05) is 31.6 Å². The number of aryl methyl sites for hydroxylation is 1. The molecule has 0 unspecified atom stereocenters. The zero-order chi connectivity index (χ0) is 22.0. The lowest BCUT2D eigenvalue weighted by Crippen LogP contribution is -2.40. The molecule has 0 radical (unpaired) electrons. The molecule has 0 aliphatic carbocycles. The zero-order valence-corrected chi connectivity index (χ0v) is 17.7. The molecule has 2 N–H and O–H groups in total. The summed E-state index contributed by atoms with van der Waals surface area (Å²) in [5.74, 6) is -0.367. The van der Waals surface area contributed by atoms with Crippen LogP contribution in [0.3, 0.4) is 0 Å². The second-order valence-corrected chi connectivity index (χ2v) is 9.20. The second kappa shape index (κ2) is 8.58. The average Bonchev–Trinajstić information content (AvgIpc) is 2.78. The number of aromatic amines is 1. The second-order valence-electron chi connectivity index (χ2n) is 7.26. The summed E-state index contributed by atoms with van der Waals surface area (Å²) < 4.78 is 32.4. The fourth-order valence-electron chi connectivity index (χ4n) is 3.48. The first-order valence-corrected chi connectivity index (χ1v) is 11.2. The Balaban J connectivity index is 1.57. The van der Waals surface area contributed by atoms with E-state index in [1.807, 2.05) is 0 Å². The van der Waals surface area contributed by atoms with Crippen molar-refractivity contribution < 1.29 is 17.9 Å². The topological polar surface area (TPSA) is 121 Å². The van der Waals surface area contributed by atoms with Gasteiger partial charge in [-0.3, -0.25) is 9.59 Å². The quantitative estimate of drug-likeness (QED) is 0.617. The molecule has 1 aliphatic heterocycles. The van der Waals surface area contributed by atoms with Crippen LogP contribution in [0.2, 0.25) is 0 Å². The van der Waals surface area contributed by atoms with Crippen LogP contribution in [0.4, 0.5) is 5.69 Å². The molecule has 10 heteroatoms. The third-order valence-corrected chi connectivity index (χ3v) is 7.09. The van der Waals surface area contributed by atoms with E-state index >= 15 is 0 Å². The van der Waals surface area contributed by atoms with Crippen LogP contribution in [-0.4, -0.2) is 55.1 Å². The maximum atomic E-state index is 12.9. The smallest absolute Gasteiger partial charge is 0.272 e. The lowest BCUT2D eigenvalue weighted by Gasteiger charge is -2.26. The Morgan fingerprint density at radius 1 is 1.16 bits per heavy atom. The highest BCUT2D eigenvalue weighted by atomic mass is 32.2. The molecule has 4 rings (SSSR count). The number of hydrogen-bond acceptors (Lipinski definition) is 6. The van der Waals surface area contributed by atoms with Crippen molar-refractivity contribution in [1.82, 2.24) is 14.5 Å². The first-order chi connectivity index (χ1) is 14.9. The predicted octanol–water partition coefficient (Wildman–Crippen LogP) is 1.43. The van der Waals surface area contributed by atoms with Crippen molar-refractivity contribution in [3.63, 3.8) is 0 Å². The Kier molecular flexibility index (Phi) is 5.86. The van der Waals surface area contributed by atoms with Crippen LogP contribution < -0.4 is 10.9 Å². The fraction of sp³-hybridized carbons (Fsp3) is 0.286. The standard InChI is InChI=1S/C21H22N4O5S/c1-14-6-7-15(31(28,29)25-8-10-30-11-9-25)12-18(14)22-20(26)13-19-16-4-2-3-5-17(16)21(27)24-23-19/h2-7,12H,8-11,13H2,1H3,(H,22,26)(H,24,27). The summed E-state index contributed by atoms with van der Waals surface area (Å²) in [5.41, 5.74) is 1.25. The minimum atomic E-state index is -3.68. The van der Waals surface area contributed by atoms with Crippen molar-refractivity contribution in [2.45, 2.75) is 18.2 Å². The van der Waals surface area contributed by atoms with Gasteiger partial charge in [0.05, 0.1) is 35.6 Å². The van der Waals surface area contributed by atoms with Crippen LogP contribution in [0, 0.1) is 6.92 Å². The summed E-state index contributed by atoms with van der Waals surface area (Å²) in [4.78, 5) is 24.7. The van der Waals surface area contributed by atoms with E-state index in [0.29, 0.717) is 48.5 Å². The van der Waals surface area contributed by atoms with Crippen LogP contribution in [0.25, 0.3) is 10.8 Å². The number of anilines is 1. The Morgan fingerprint density at radius 2 is 1.87 bits per heavy atom. The SMILES string of the molecule is Cc1ccc(S(=O)(=O)N2CCOCC2)cc1NC(=O)Cc1n[nH]c(=O)c2ccccc12. The molecular weight excluding hydrogens is 420 g/mol. The van der Waals surface area contributed by atoms with Gasteiger partial charge in [-0.15, -0.1) is 0 Å². The number of H-pyrrole nitrogens is 1. The number of carbonyl (C=O) groups excluding carboxylic acids is 1. The van der Waals surface area contributed by atoms with Crippen LogP contribution in [0.5, 0.6) is 0 Å². The average molecular weight is 442 g/mol. The number of amides is 1. The van der Waals surface area contributed by atoms with E-state index < -0.39 is 10.0 Å². The highest BCUT2D eigenvalue weighted by Crippen LogP contribution is 2.24. The fourth-order valence-corrected chi connectivity index (χ4v) is 4.92. The molecule has 0 atom stereocenters. The van der Waals surface area contributed by atoms with Crippen LogP contribution in [0.15, 0.2) is 52.2 Å². The third kappa shape index (κ3) is 4.36. The van der Waals surface area contributed by atoms with E-state index in [1.54, 1.807) is 37.3 Å². The van der Waals surface area contributed by atoms with Gasteiger partial charge < -0.3 is 10.1 Å². The van der Waals surface area contributed by atoms with E-state index in [4.69, 9.17) is 4.74 Å². The predicted molar refractivity (Wildman–Crippen MR) is 115 cm³/mol. The van der Waals surface area contributed by atoms with Crippen molar-refractivity contribution in [2.24, 2.45) is 0 Å². The number of morpholine rings is 1. The maximum Gasteiger partial charge on any atom is 0.272 e. The molecule has 0 bridgehead atoms. The number of benzene rings is 2. The number of hydrogen-bond donors (Lipinski definition) is 2. The van der Waals surface area contributed by atoms with Gasteiger partial charge in [0.2, 0.25) is 15.9 Å². The molecule has 3 aromatic rings. The highest BCUT2D eigenvalue weighted by Gasteiger charge is 2.27. The number of sulfonamides is 1. The van der Waals surface area contributed by atoms with Gasteiger partial charge in [0.25, 0.3) is 5.56 Å². The molecule has 2 heterocycles. The molecule has 0 saturated carbocycles. The van der Waals surface area contributed by atoms with E-state index in [1.165, 1.54) is 16.4 Å². The highest BCUT2D eigenvalue weighted by molar-refractivity contribution is 7.89. The van der Waals surface area contributed by atoms with E-state index in [9.17, 15) is 18.0 Å². The lowest BCUT2D eigenvalue weighted by atomic mass is 10.1. The summed E-state index contributed by atoms with van der Waals surface area (Å²) in [6.07, 6.45) is -0.0722. The van der Waals surface area contributed by atoms with Gasteiger partial charge in [-0.1, -0.05) is 24.3 Å². The summed E-state index contributed by atoms with van der Waals surface area (Å²) in [7, 11) is -3.68. The zero-order valence-electron chi connectivity index (χ0n) is 16.9. The molecule has 9 nitrogen and oxygen atoms in total. The van der Waals surface area contributed by atoms with Crippen LogP contribution >= 0.6 is 0 Å². The minimum Gasteiger partial charge on any atom is -0.379 e. The first kappa shape index (κ1) is 21.2. The molecule has 2 aromatic carbocycles. The van der Waals surface area contributed by atoms with Crippen molar-refractivity contribution in [3.8, 4) is 0 Å². The minimum absolute atomic E-state index is 0.0722. The molecule has 1 aliphatic rings. The van der Waals surface area contributed by atoms with Gasteiger partial charge in [-0.05, 0) is 30.7 Å². The number of nitrogens with one attached hydrogen (secondary N) is 2. The molecule has 1 fully saturated rings. The first-order valence-electron chi connectivity index (χ1n) is 9.81. The largest absolute Gasteiger partial charge is 0.379 e. The third-order valence-electron chi connectivity index (χ3n) is 5.19. The van der Waals surface area contributed by atoms with Crippen molar-refractivity contribution in [1.29, 1.82) is 0 Å². The van der Waals surface area contributed by atoms with Gasteiger partial charge >= 0.3 is 0 Å². The summed E-state index contributed by atoms with van der Waals surface area (Å²) in [5, 5.41) is 10.3. The Bertz CT molecular complexity index is 1300. The van der Waals surface area contributed by atoms with E-state index in [-0.39, 0.29) is 22.8 Å². The van der Waals surface area contributed by atoms with Gasteiger partial charge in [0, 0.05) is 24.2 Å². The molecule has 1 saturated heterocycles. The van der Waals surface area contributed by atoms with Gasteiger partial charge in [0.1, 0.15) is 0 Å². The molecule has 0 spiro atoms. The number of aromatic nitrogens is 2. The Hall–Kier alpha value is -3.08. The molecule has 162 valence electrons. The van der Waals surface area contributed by atoms with Gasteiger partial charge in [0.15, 0.2) is 0 Å². The number of rotatable bonds is 5. The molecule has 31 heavy (non-hydrogen) atoms. The molecule has 1 aromatic heterocycles. The van der Waals surface area contributed by atoms with Gasteiger partial charge in [-0.25, -0.2) is 13.5 Å². The number of ether oxygens (including phenoxy) is 1. The number of carbonyl (C=O) groups is 1. The summed E-state index contributed by atoms with van der Waals surface area (Å²) in [6, 6.07) is 11.6.